The van der Waals surface area contributed by atoms with Gasteiger partial charge in [0, 0.05) is 75.1 Å². The number of benzene rings is 1. The Morgan fingerprint density at radius 2 is 1.74 bits per heavy atom. The van der Waals surface area contributed by atoms with Crippen molar-refractivity contribution in [1.82, 2.24) is 25.1 Å². The molecule has 0 saturated carbocycles. The molecular formula is C23H25N5O3. The summed E-state index contributed by atoms with van der Waals surface area (Å²) >= 11 is 0. The Balaban J connectivity index is 1.22. The molecule has 1 saturated heterocycles. The van der Waals surface area contributed by atoms with Gasteiger partial charge in [0.15, 0.2) is 0 Å². The Morgan fingerprint density at radius 1 is 0.968 bits per heavy atom. The van der Waals surface area contributed by atoms with E-state index >= 15 is 0 Å². The topological polar surface area (TPSA) is 98.4 Å². The van der Waals surface area contributed by atoms with Crippen molar-refractivity contribution in [2.24, 2.45) is 0 Å². The smallest absolute Gasteiger partial charge is 0.256 e. The number of carbonyl (C=O) groups excluding carboxylic acids is 3. The number of fused-ring (bicyclic) bond motifs is 1. The highest BCUT2D eigenvalue weighted by atomic mass is 16.2. The normalized spacial score (nSPS) is 13.9. The summed E-state index contributed by atoms with van der Waals surface area (Å²) in [5, 5.41) is 3.71. The highest BCUT2D eigenvalue weighted by Crippen LogP contribution is 2.20. The molecule has 0 radical (unpaired) electrons. The van der Waals surface area contributed by atoms with Crippen LogP contribution < -0.4 is 5.32 Å². The molecule has 160 valence electrons. The first-order valence-electron chi connectivity index (χ1n) is 10.4. The van der Waals surface area contributed by atoms with Crippen LogP contribution in [0.2, 0.25) is 0 Å². The highest BCUT2D eigenvalue weighted by Gasteiger charge is 2.26. The molecule has 1 aliphatic rings. The van der Waals surface area contributed by atoms with Gasteiger partial charge in [-0.2, -0.15) is 0 Å². The van der Waals surface area contributed by atoms with Crippen molar-refractivity contribution in [3.63, 3.8) is 0 Å². The zero-order valence-electron chi connectivity index (χ0n) is 17.2. The lowest BCUT2D eigenvalue weighted by Crippen LogP contribution is -2.50. The number of carbonyl (C=O) groups is 3. The molecule has 0 bridgehead atoms. The minimum atomic E-state index is -0.162. The van der Waals surface area contributed by atoms with Gasteiger partial charge >= 0.3 is 0 Å². The molecule has 2 N–H and O–H groups in total. The average Bonchev–Trinajstić information content (AvgIpc) is 3.25. The Kier molecular flexibility index (Phi) is 6.26. The summed E-state index contributed by atoms with van der Waals surface area (Å²) in [7, 11) is 0. The molecule has 3 aromatic rings. The monoisotopic (exact) mass is 419 g/mol. The molecule has 8 nitrogen and oxygen atoms in total. The maximum atomic E-state index is 12.9. The van der Waals surface area contributed by atoms with Crippen molar-refractivity contribution < 1.29 is 14.4 Å². The van der Waals surface area contributed by atoms with E-state index in [2.05, 4.69) is 15.3 Å². The SMILES string of the molecule is O=C(CCC(=O)N1CCN(C(=O)c2c[nH]c3ccccc23)CC1)NCc1cccnc1. The van der Waals surface area contributed by atoms with Crippen LogP contribution in [0.3, 0.4) is 0 Å². The maximum absolute atomic E-state index is 12.9. The molecule has 3 amide bonds. The molecule has 0 unspecified atom stereocenters. The van der Waals surface area contributed by atoms with Crippen LogP contribution in [0.15, 0.2) is 55.0 Å². The third-order valence-corrected chi connectivity index (χ3v) is 5.52. The van der Waals surface area contributed by atoms with Gasteiger partial charge < -0.3 is 20.1 Å². The molecular weight excluding hydrogens is 394 g/mol. The summed E-state index contributed by atoms with van der Waals surface area (Å²) in [4.78, 5) is 48.1. The summed E-state index contributed by atoms with van der Waals surface area (Å²) in [6.07, 6.45) is 5.43. The number of nitrogens with one attached hydrogen (secondary N) is 2. The molecule has 1 aliphatic heterocycles. The summed E-state index contributed by atoms with van der Waals surface area (Å²) in [6.45, 7) is 2.32. The lowest BCUT2D eigenvalue weighted by molar-refractivity contribution is -0.134. The minimum absolute atomic E-state index is 0.0284. The molecule has 1 fully saturated rings. The summed E-state index contributed by atoms with van der Waals surface area (Å²) < 4.78 is 0. The van der Waals surface area contributed by atoms with Crippen molar-refractivity contribution in [3.05, 3.63) is 66.1 Å². The van der Waals surface area contributed by atoms with E-state index in [9.17, 15) is 14.4 Å². The Labute approximate surface area is 180 Å². The van der Waals surface area contributed by atoms with Crippen LogP contribution in [-0.4, -0.2) is 63.7 Å². The largest absolute Gasteiger partial charge is 0.360 e. The first-order chi connectivity index (χ1) is 15.1. The van der Waals surface area contributed by atoms with E-state index in [1.807, 2.05) is 36.4 Å². The average molecular weight is 419 g/mol. The molecule has 3 heterocycles. The lowest BCUT2D eigenvalue weighted by atomic mass is 10.1. The predicted octanol–water partition coefficient (Wildman–Crippen LogP) is 1.94. The van der Waals surface area contributed by atoms with Crippen LogP contribution in [0.1, 0.15) is 28.8 Å². The Morgan fingerprint density at radius 3 is 2.52 bits per heavy atom. The quantitative estimate of drug-likeness (QED) is 0.638. The zero-order chi connectivity index (χ0) is 21.6. The second kappa shape index (κ2) is 9.42. The van der Waals surface area contributed by atoms with E-state index in [1.165, 1.54) is 0 Å². The molecule has 0 aliphatic carbocycles. The van der Waals surface area contributed by atoms with E-state index in [-0.39, 0.29) is 30.6 Å². The van der Waals surface area contributed by atoms with Gasteiger partial charge in [0.2, 0.25) is 11.8 Å². The third kappa shape index (κ3) is 4.91. The Hall–Kier alpha value is -3.68. The number of pyridine rings is 1. The number of amides is 3. The molecule has 0 spiro atoms. The summed E-state index contributed by atoms with van der Waals surface area (Å²) in [5.74, 6) is -0.250. The zero-order valence-corrected chi connectivity index (χ0v) is 17.2. The molecule has 8 heteroatoms. The standard InChI is InChI=1S/C23H25N5O3/c29-21(26-15-17-4-3-9-24-14-17)7-8-22(30)27-10-12-28(13-11-27)23(31)19-16-25-20-6-2-1-5-18(19)20/h1-6,9,14,16,25H,7-8,10-13,15H2,(H,26,29). The van der Waals surface area contributed by atoms with Crippen molar-refractivity contribution in [3.8, 4) is 0 Å². The van der Waals surface area contributed by atoms with Gasteiger partial charge in [0.1, 0.15) is 0 Å². The van der Waals surface area contributed by atoms with Gasteiger partial charge in [0.25, 0.3) is 5.91 Å². The fourth-order valence-corrected chi connectivity index (χ4v) is 3.75. The van der Waals surface area contributed by atoms with E-state index in [0.717, 1.165) is 16.5 Å². The fraction of sp³-hybridized carbons (Fsp3) is 0.304. The number of piperazine rings is 1. The van der Waals surface area contributed by atoms with E-state index in [1.54, 1.807) is 28.4 Å². The number of nitrogens with zero attached hydrogens (tertiary/aromatic N) is 3. The number of hydrogen-bond donors (Lipinski definition) is 2. The van der Waals surface area contributed by atoms with Gasteiger partial charge in [-0.15, -0.1) is 0 Å². The number of para-hydroxylation sites is 1. The van der Waals surface area contributed by atoms with Crippen LogP contribution in [0, 0.1) is 0 Å². The van der Waals surface area contributed by atoms with Crippen molar-refractivity contribution in [1.29, 1.82) is 0 Å². The summed E-state index contributed by atoms with van der Waals surface area (Å²) in [6, 6.07) is 11.4. The maximum Gasteiger partial charge on any atom is 0.256 e. The summed E-state index contributed by atoms with van der Waals surface area (Å²) in [5.41, 5.74) is 2.50. The lowest BCUT2D eigenvalue weighted by Gasteiger charge is -2.34. The van der Waals surface area contributed by atoms with Crippen molar-refractivity contribution in [2.75, 3.05) is 26.2 Å². The minimum Gasteiger partial charge on any atom is -0.360 e. The fourth-order valence-electron chi connectivity index (χ4n) is 3.75. The van der Waals surface area contributed by atoms with Crippen LogP contribution >= 0.6 is 0 Å². The van der Waals surface area contributed by atoms with Gasteiger partial charge in [-0.25, -0.2) is 0 Å². The van der Waals surface area contributed by atoms with E-state index in [0.29, 0.717) is 38.3 Å². The van der Waals surface area contributed by atoms with Gasteiger partial charge in [-0.1, -0.05) is 24.3 Å². The number of aromatic amines is 1. The molecule has 4 rings (SSSR count). The van der Waals surface area contributed by atoms with Crippen LogP contribution in [-0.2, 0) is 16.1 Å². The van der Waals surface area contributed by atoms with Crippen molar-refractivity contribution in [2.45, 2.75) is 19.4 Å². The van der Waals surface area contributed by atoms with Crippen LogP contribution in [0.25, 0.3) is 10.9 Å². The van der Waals surface area contributed by atoms with Gasteiger partial charge in [0.05, 0.1) is 5.56 Å². The van der Waals surface area contributed by atoms with Crippen molar-refractivity contribution >= 4 is 28.6 Å². The first kappa shape index (κ1) is 20.6. The first-order valence-corrected chi connectivity index (χ1v) is 10.4. The number of aromatic nitrogens is 2. The second-order valence-corrected chi connectivity index (χ2v) is 7.56. The second-order valence-electron chi connectivity index (χ2n) is 7.56. The molecule has 1 aromatic carbocycles. The van der Waals surface area contributed by atoms with Crippen LogP contribution in [0.5, 0.6) is 0 Å². The molecule has 31 heavy (non-hydrogen) atoms. The third-order valence-electron chi connectivity index (χ3n) is 5.52. The van der Waals surface area contributed by atoms with Gasteiger partial charge in [-0.3, -0.25) is 19.4 Å². The number of rotatable bonds is 6. The molecule has 2 aromatic heterocycles. The molecule has 0 atom stereocenters. The highest BCUT2D eigenvalue weighted by molar-refractivity contribution is 6.06. The number of hydrogen-bond acceptors (Lipinski definition) is 4. The van der Waals surface area contributed by atoms with E-state index < -0.39 is 0 Å². The number of H-pyrrole nitrogens is 1. The van der Waals surface area contributed by atoms with Crippen LogP contribution in [0.4, 0.5) is 0 Å². The predicted molar refractivity (Wildman–Crippen MR) is 116 cm³/mol. The van der Waals surface area contributed by atoms with Gasteiger partial charge in [-0.05, 0) is 17.7 Å². The Bertz CT molecular complexity index is 1070. The van der Waals surface area contributed by atoms with E-state index in [4.69, 9.17) is 0 Å².